The van der Waals surface area contributed by atoms with Crippen LogP contribution in [-0.2, 0) is 16.1 Å². The minimum absolute atomic E-state index is 0.206. The fraction of sp³-hybridized carbons (Fsp3) is 0.556. The average Bonchev–Trinajstić information content (AvgIpc) is 2.53. The zero-order valence-corrected chi connectivity index (χ0v) is 14.3. The lowest BCUT2D eigenvalue weighted by molar-refractivity contribution is -0.144. The molecule has 1 amide bonds. The van der Waals surface area contributed by atoms with Gasteiger partial charge in [-0.1, -0.05) is 44.2 Å². The van der Waals surface area contributed by atoms with Crippen molar-refractivity contribution in [2.24, 2.45) is 11.8 Å². The quantitative estimate of drug-likeness (QED) is 0.835. The van der Waals surface area contributed by atoms with E-state index in [1.54, 1.807) is 0 Å². The second-order valence-corrected chi connectivity index (χ2v) is 6.79. The summed E-state index contributed by atoms with van der Waals surface area (Å²) in [4.78, 5) is 25.5. The van der Waals surface area contributed by atoms with Crippen LogP contribution in [0, 0.1) is 11.8 Å². The molecule has 0 spiro atoms. The minimum atomic E-state index is -0.812. The molecule has 2 rings (SSSR count). The molecule has 132 valence electrons. The number of carboxylic acids is 1. The van der Waals surface area contributed by atoms with E-state index >= 15 is 0 Å². The molecule has 0 aliphatic carbocycles. The van der Waals surface area contributed by atoms with E-state index in [4.69, 9.17) is 4.74 Å². The Kier molecular flexibility index (Phi) is 6.61. The Morgan fingerprint density at radius 3 is 2.62 bits per heavy atom. The van der Waals surface area contributed by atoms with Crippen LogP contribution in [-0.4, -0.2) is 47.7 Å². The summed E-state index contributed by atoms with van der Waals surface area (Å²) in [5.41, 5.74) is 0.918. The van der Waals surface area contributed by atoms with Crippen LogP contribution in [0.1, 0.15) is 25.8 Å². The Labute approximate surface area is 142 Å². The van der Waals surface area contributed by atoms with Crippen molar-refractivity contribution in [2.45, 2.75) is 32.9 Å². The summed E-state index contributed by atoms with van der Waals surface area (Å²) < 4.78 is 5.23. The monoisotopic (exact) mass is 334 g/mol. The fourth-order valence-electron chi connectivity index (χ4n) is 3.07. The van der Waals surface area contributed by atoms with E-state index in [2.05, 4.69) is 24.1 Å². The third-order valence-electron chi connectivity index (χ3n) is 4.03. The van der Waals surface area contributed by atoms with Crippen molar-refractivity contribution in [2.75, 3.05) is 19.6 Å². The highest BCUT2D eigenvalue weighted by Gasteiger charge is 2.32. The summed E-state index contributed by atoms with van der Waals surface area (Å²) in [6, 6.07) is 9.25. The Bertz CT molecular complexity index is 547. The van der Waals surface area contributed by atoms with Crippen LogP contribution in [0.25, 0.3) is 0 Å². The molecule has 0 radical (unpaired) electrons. The summed E-state index contributed by atoms with van der Waals surface area (Å²) >= 11 is 0. The third kappa shape index (κ3) is 5.85. The Balaban J connectivity index is 1.86. The van der Waals surface area contributed by atoms with Crippen molar-refractivity contribution in [1.82, 2.24) is 10.2 Å². The zero-order chi connectivity index (χ0) is 17.5. The second-order valence-electron chi connectivity index (χ2n) is 6.79. The smallest absolute Gasteiger partial charge is 0.407 e. The van der Waals surface area contributed by atoms with Gasteiger partial charge >= 0.3 is 12.1 Å². The predicted octanol–water partition coefficient (Wildman–Crippen LogP) is 2.34. The van der Waals surface area contributed by atoms with Crippen LogP contribution in [0.4, 0.5) is 4.79 Å². The van der Waals surface area contributed by atoms with Crippen molar-refractivity contribution in [3.8, 4) is 0 Å². The molecular formula is C18H26N2O4. The van der Waals surface area contributed by atoms with Crippen LogP contribution in [0.5, 0.6) is 0 Å². The molecule has 1 saturated heterocycles. The lowest BCUT2D eigenvalue weighted by atomic mass is 9.93. The Hall–Kier alpha value is -2.08. The van der Waals surface area contributed by atoms with E-state index in [9.17, 15) is 14.7 Å². The lowest BCUT2D eigenvalue weighted by Crippen LogP contribution is -2.53. The topological polar surface area (TPSA) is 78.9 Å². The summed E-state index contributed by atoms with van der Waals surface area (Å²) in [6.45, 7) is 6.41. The highest BCUT2D eigenvalue weighted by Crippen LogP contribution is 2.18. The molecule has 0 saturated carbocycles. The number of carbonyl (C=O) groups is 2. The first-order valence-electron chi connectivity index (χ1n) is 8.36. The van der Waals surface area contributed by atoms with Crippen molar-refractivity contribution in [3.63, 3.8) is 0 Å². The van der Waals surface area contributed by atoms with Gasteiger partial charge in [0, 0.05) is 25.7 Å². The molecule has 2 atom stereocenters. The maximum absolute atomic E-state index is 12.0. The number of piperidine rings is 1. The van der Waals surface area contributed by atoms with Crippen molar-refractivity contribution >= 4 is 12.1 Å². The normalized spacial score (nSPS) is 21.5. The van der Waals surface area contributed by atoms with Gasteiger partial charge in [0.15, 0.2) is 0 Å². The first kappa shape index (κ1) is 18.3. The minimum Gasteiger partial charge on any atom is -0.481 e. The number of benzene rings is 1. The number of amides is 1. The summed E-state index contributed by atoms with van der Waals surface area (Å²) in [7, 11) is 0. The van der Waals surface area contributed by atoms with Gasteiger partial charge in [-0.05, 0) is 17.9 Å². The number of aliphatic carboxylic acids is 1. The maximum Gasteiger partial charge on any atom is 0.407 e. The molecule has 6 nitrogen and oxygen atoms in total. The number of nitrogens with zero attached hydrogens (tertiary/aromatic N) is 1. The number of carbonyl (C=O) groups excluding carboxylic acids is 1. The van der Waals surface area contributed by atoms with Gasteiger partial charge in [0.2, 0.25) is 0 Å². The van der Waals surface area contributed by atoms with E-state index in [0.717, 1.165) is 12.1 Å². The molecule has 2 unspecified atom stereocenters. The van der Waals surface area contributed by atoms with Gasteiger partial charge in [-0.15, -0.1) is 0 Å². The van der Waals surface area contributed by atoms with E-state index in [1.807, 2.05) is 30.3 Å². The van der Waals surface area contributed by atoms with Gasteiger partial charge in [-0.2, -0.15) is 0 Å². The van der Waals surface area contributed by atoms with Crippen LogP contribution in [0.3, 0.4) is 0 Å². The predicted molar refractivity (Wildman–Crippen MR) is 90.6 cm³/mol. The maximum atomic E-state index is 12.0. The zero-order valence-electron chi connectivity index (χ0n) is 14.3. The number of hydrogen-bond acceptors (Lipinski definition) is 4. The van der Waals surface area contributed by atoms with Gasteiger partial charge in [-0.3, -0.25) is 4.79 Å². The average molecular weight is 334 g/mol. The number of carboxylic acid groups (broad SMARTS) is 1. The highest BCUT2D eigenvalue weighted by molar-refractivity contribution is 5.71. The second kappa shape index (κ2) is 8.68. The third-order valence-corrected chi connectivity index (χ3v) is 4.03. The molecule has 0 bridgehead atoms. The number of likely N-dealkylation sites (tertiary alicyclic amines) is 1. The van der Waals surface area contributed by atoms with Crippen LogP contribution >= 0.6 is 0 Å². The molecule has 1 aromatic carbocycles. The molecule has 24 heavy (non-hydrogen) atoms. The van der Waals surface area contributed by atoms with E-state index in [-0.39, 0.29) is 12.6 Å². The van der Waals surface area contributed by atoms with Crippen LogP contribution in [0.15, 0.2) is 30.3 Å². The molecular weight excluding hydrogens is 308 g/mol. The standard InChI is InChI=1S/C18H26N2O4/c1-13(2)9-20-10-15(17(21)22)8-16(11-20)19-18(23)24-12-14-6-4-3-5-7-14/h3-7,13,15-16H,8-12H2,1-2H3,(H,19,23)(H,21,22). The molecule has 1 aliphatic heterocycles. The summed E-state index contributed by atoms with van der Waals surface area (Å²) in [6.07, 6.45) is -0.0657. The molecule has 1 aromatic rings. The molecule has 1 aliphatic rings. The van der Waals surface area contributed by atoms with Crippen LogP contribution < -0.4 is 5.32 Å². The molecule has 6 heteroatoms. The van der Waals surface area contributed by atoms with Crippen molar-refractivity contribution in [3.05, 3.63) is 35.9 Å². The molecule has 1 fully saturated rings. The number of rotatable bonds is 6. The lowest BCUT2D eigenvalue weighted by Gasteiger charge is -2.37. The molecule has 0 aromatic heterocycles. The summed E-state index contributed by atoms with van der Waals surface area (Å²) in [5, 5.41) is 12.1. The Morgan fingerprint density at radius 1 is 1.29 bits per heavy atom. The van der Waals surface area contributed by atoms with E-state index in [0.29, 0.717) is 25.4 Å². The van der Waals surface area contributed by atoms with Gasteiger partial charge in [0.25, 0.3) is 0 Å². The van der Waals surface area contributed by atoms with E-state index in [1.165, 1.54) is 0 Å². The van der Waals surface area contributed by atoms with Gasteiger partial charge in [0.05, 0.1) is 5.92 Å². The van der Waals surface area contributed by atoms with E-state index < -0.39 is 18.0 Å². The number of hydrogen-bond donors (Lipinski definition) is 2. The van der Waals surface area contributed by atoms with Crippen molar-refractivity contribution in [1.29, 1.82) is 0 Å². The highest BCUT2D eigenvalue weighted by atomic mass is 16.5. The fourth-order valence-corrected chi connectivity index (χ4v) is 3.07. The molecule has 1 heterocycles. The first-order chi connectivity index (χ1) is 11.4. The number of alkyl carbamates (subject to hydrolysis) is 1. The first-order valence-corrected chi connectivity index (χ1v) is 8.36. The van der Waals surface area contributed by atoms with Crippen LogP contribution in [0.2, 0.25) is 0 Å². The largest absolute Gasteiger partial charge is 0.481 e. The van der Waals surface area contributed by atoms with Gasteiger partial charge in [0.1, 0.15) is 6.61 Å². The van der Waals surface area contributed by atoms with Gasteiger partial charge < -0.3 is 20.1 Å². The SMILES string of the molecule is CC(C)CN1CC(NC(=O)OCc2ccccc2)CC(C(=O)O)C1. The number of nitrogens with one attached hydrogen (secondary N) is 1. The molecule has 2 N–H and O–H groups in total. The van der Waals surface area contributed by atoms with Crippen molar-refractivity contribution < 1.29 is 19.4 Å². The van der Waals surface area contributed by atoms with Gasteiger partial charge in [-0.25, -0.2) is 4.79 Å². The number of ether oxygens (including phenoxy) is 1. The Morgan fingerprint density at radius 2 is 2.00 bits per heavy atom. The summed E-state index contributed by atoms with van der Waals surface area (Å²) in [5.74, 6) is -0.826.